The fourth-order valence-electron chi connectivity index (χ4n) is 5.68. The van der Waals surface area contributed by atoms with Gasteiger partial charge in [-0.1, -0.05) is 0 Å². The molecule has 0 fully saturated rings. The van der Waals surface area contributed by atoms with Gasteiger partial charge in [-0.05, 0) is 0 Å². The third-order valence-corrected chi connectivity index (χ3v) is 15.1. The summed E-state index contributed by atoms with van der Waals surface area (Å²) in [7, 11) is 0. The van der Waals surface area contributed by atoms with E-state index in [4.69, 9.17) is 0 Å². The molecule has 0 N–H and O–H groups in total. The molecule has 0 amide bonds. The zero-order valence-corrected chi connectivity index (χ0v) is 26.9. The monoisotopic (exact) mass is 664 g/mol. The number of unbranched alkanes of at least 4 members (excludes halogenated alkanes) is 7. The quantitative estimate of drug-likeness (QED) is 0.101. The number of benzene rings is 3. The summed E-state index contributed by atoms with van der Waals surface area (Å²) in [4.78, 5) is 0. The van der Waals surface area contributed by atoms with E-state index in [1.807, 2.05) is 22.7 Å². The van der Waals surface area contributed by atoms with Crippen LogP contribution in [0, 0.1) is 0 Å². The second kappa shape index (κ2) is 11.1. The van der Waals surface area contributed by atoms with Gasteiger partial charge in [0.15, 0.2) is 0 Å². The van der Waals surface area contributed by atoms with E-state index in [1.165, 1.54) is 108 Å². The van der Waals surface area contributed by atoms with Gasteiger partial charge in [-0.25, -0.2) is 0 Å². The van der Waals surface area contributed by atoms with Crippen LogP contribution in [0.1, 0.15) is 62.7 Å². The van der Waals surface area contributed by atoms with Crippen LogP contribution in [0.15, 0.2) is 66.7 Å². The number of fused-ring (bicyclic) bond motifs is 7. The van der Waals surface area contributed by atoms with Gasteiger partial charge in [-0.15, -0.1) is 0 Å². The van der Waals surface area contributed by atoms with E-state index < -0.39 is 0 Å². The van der Waals surface area contributed by atoms with Gasteiger partial charge in [-0.3, -0.25) is 0 Å². The average Bonchev–Trinajstić information content (AvgIpc) is 3.69. The molecule has 0 aliphatic carbocycles. The van der Waals surface area contributed by atoms with Crippen LogP contribution in [0.2, 0.25) is 0 Å². The van der Waals surface area contributed by atoms with Crippen LogP contribution in [0.25, 0.3) is 58.9 Å². The van der Waals surface area contributed by atoms with E-state index in [-0.39, 0.29) is 0 Å². The molecule has 0 bridgehead atoms. The molecular weight excluding hydrogens is 630 g/mol. The third kappa shape index (κ3) is 4.90. The van der Waals surface area contributed by atoms with Gasteiger partial charge in [-0.2, -0.15) is 0 Å². The predicted octanol–water partition coefficient (Wildman–Crippen LogP) is 11.0. The molecule has 0 atom stereocenters. The Bertz CT molecular complexity index is 1860. The summed E-state index contributed by atoms with van der Waals surface area (Å²) < 4.78 is 12.3. The van der Waals surface area contributed by atoms with Gasteiger partial charge in [0, 0.05) is 0 Å². The van der Waals surface area contributed by atoms with E-state index >= 15 is 0 Å². The Hall–Kier alpha value is -1.64. The molecule has 0 nitrogen and oxygen atoms in total. The molecule has 7 aromatic rings. The van der Waals surface area contributed by atoms with Crippen LogP contribution in [-0.4, -0.2) is 29.0 Å². The minimum absolute atomic E-state index is 0.392. The SMILES string of the molecule is CCCCCCCCCCc1cc2cc3c(cc2[se]1)sc1c2cc4cc(-c5ccccc5)[se]c4cc2sc31. The predicted molar refractivity (Wildman–Crippen MR) is 175 cm³/mol. The van der Waals surface area contributed by atoms with Crippen molar-refractivity contribution in [1.29, 1.82) is 0 Å². The molecular formula is C34H32S2Se2. The van der Waals surface area contributed by atoms with Gasteiger partial charge in [0.2, 0.25) is 0 Å². The summed E-state index contributed by atoms with van der Waals surface area (Å²) >= 11 is 4.95. The Balaban J connectivity index is 1.14. The van der Waals surface area contributed by atoms with E-state index in [9.17, 15) is 0 Å². The van der Waals surface area contributed by atoms with Crippen LogP contribution in [0.3, 0.4) is 0 Å². The van der Waals surface area contributed by atoms with Crippen LogP contribution < -0.4 is 0 Å². The maximum atomic E-state index is 2.54. The first-order chi connectivity index (χ1) is 18.8. The average molecular weight is 663 g/mol. The normalized spacial score (nSPS) is 12.2. The van der Waals surface area contributed by atoms with Crippen LogP contribution in [0.4, 0.5) is 0 Å². The molecule has 38 heavy (non-hydrogen) atoms. The Labute approximate surface area is 244 Å². The number of thiophene rings is 2. The fraction of sp³-hybridized carbons (Fsp3) is 0.294. The zero-order chi connectivity index (χ0) is 25.5. The molecule has 4 aromatic heterocycles. The molecule has 0 aliphatic heterocycles. The summed E-state index contributed by atoms with van der Waals surface area (Å²) in [6.07, 6.45) is 12.6. The summed E-state index contributed by atoms with van der Waals surface area (Å²) in [5, 5.41) is 5.89. The molecule has 4 heteroatoms. The van der Waals surface area contributed by atoms with Gasteiger partial charge in [0.1, 0.15) is 0 Å². The molecule has 0 saturated heterocycles. The van der Waals surface area contributed by atoms with E-state index in [2.05, 4.69) is 73.7 Å². The van der Waals surface area contributed by atoms with Crippen molar-refractivity contribution in [1.82, 2.24) is 0 Å². The molecule has 4 heterocycles. The standard InChI is InChI=1S/C34H32S2Se2/c1-2-3-4-5-6-7-8-12-15-25-16-23-17-26-28(20-31(23)37-25)35-34-27-18-24-19-30(22-13-10-9-11-14-22)38-32(24)21-29(27)36-33(26)34/h9-11,13-14,16-21H,2-8,12,15H2,1H3. The fourth-order valence-corrected chi connectivity index (χ4v) is 13.3. The van der Waals surface area contributed by atoms with Crippen molar-refractivity contribution in [3.05, 3.63) is 71.2 Å². The van der Waals surface area contributed by atoms with Crippen molar-refractivity contribution in [3.8, 4) is 10.0 Å². The number of rotatable bonds is 10. The maximum absolute atomic E-state index is 2.54. The molecule has 0 unspecified atom stereocenters. The molecule has 0 spiro atoms. The molecule has 0 radical (unpaired) electrons. The van der Waals surface area contributed by atoms with E-state index in [0.29, 0.717) is 29.0 Å². The molecule has 7 rings (SSSR count). The summed E-state index contributed by atoms with van der Waals surface area (Å²) in [5.74, 6) is 0. The first-order valence-electron chi connectivity index (χ1n) is 14.1. The second-order valence-corrected chi connectivity index (χ2v) is 17.4. The van der Waals surface area contributed by atoms with Crippen LogP contribution in [0.5, 0.6) is 0 Å². The number of hydrogen-bond donors (Lipinski definition) is 0. The van der Waals surface area contributed by atoms with Crippen molar-refractivity contribution < 1.29 is 0 Å². The first kappa shape index (κ1) is 25.3. The van der Waals surface area contributed by atoms with E-state index in [1.54, 1.807) is 13.0 Å². The third-order valence-electron chi connectivity index (χ3n) is 7.74. The van der Waals surface area contributed by atoms with Crippen molar-refractivity contribution in [2.75, 3.05) is 0 Å². The number of hydrogen-bond acceptors (Lipinski definition) is 2. The van der Waals surface area contributed by atoms with Crippen LogP contribution in [-0.2, 0) is 6.42 Å². The molecule has 0 saturated carbocycles. The summed E-state index contributed by atoms with van der Waals surface area (Å²) in [6.45, 7) is 2.30. The Morgan fingerprint density at radius 1 is 0.605 bits per heavy atom. The van der Waals surface area contributed by atoms with Crippen molar-refractivity contribution in [2.45, 2.75) is 64.7 Å². The van der Waals surface area contributed by atoms with Gasteiger partial charge in [0.25, 0.3) is 0 Å². The van der Waals surface area contributed by atoms with Gasteiger partial charge in [0.05, 0.1) is 0 Å². The van der Waals surface area contributed by atoms with Gasteiger partial charge < -0.3 is 0 Å². The molecule has 192 valence electrons. The topological polar surface area (TPSA) is 0 Å². The number of aryl methyl sites for hydroxylation is 1. The second-order valence-electron chi connectivity index (χ2n) is 10.5. The first-order valence-corrected chi connectivity index (χ1v) is 19.1. The van der Waals surface area contributed by atoms with Crippen molar-refractivity contribution in [3.63, 3.8) is 0 Å². The van der Waals surface area contributed by atoms with Gasteiger partial charge >= 0.3 is 246 Å². The van der Waals surface area contributed by atoms with E-state index in [0.717, 1.165) is 0 Å². The van der Waals surface area contributed by atoms with Crippen molar-refractivity contribution >= 4 is 101 Å². The molecule has 0 aliphatic rings. The van der Waals surface area contributed by atoms with Crippen LogP contribution >= 0.6 is 22.7 Å². The summed E-state index contributed by atoms with van der Waals surface area (Å²) in [5.41, 5.74) is 1.38. The Kier molecular flexibility index (Phi) is 7.39. The molecule has 3 aromatic carbocycles. The minimum atomic E-state index is 0.392. The van der Waals surface area contributed by atoms with Crippen molar-refractivity contribution in [2.24, 2.45) is 0 Å². The zero-order valence-electron chi connectivity index (χ0n) is 21.8. The Morgan fingerprint density at radius 2 is 1.21 bits per heavy atom. The summed E-state index contributed by atoms with van der Waals surface area (Å²) in [6, 6.07) is 25.9. The Morgan fingerprint density at radius 3 is 1.89 bits per heavy atom.